The maximum Gasteiger partial charge on any atom is 0.191 e. The van der Waals surface area contributed by atoms with Gasteiger partial charge >= 0.3 is 0 Å². The fraction of sp³-hybridized carbons (Fsp3) is 0.526. The molecule has 7 nitrogen and oxygen atoms in total. The fourth-order valence-corrected chi connectivity index (χ4v) is 3.59. The smallest absolute Gasteiger partial charge is 0.191 e. The van der Waals surface area contributed by atoms with E-state index in [-0.39, 0.29) is 30.0 Å². The molecular weight excluding hydrogens is 535 g/mol. The predicted octanol–water partition coefficient (Wildman–Crippen LogP) is 3.30. The van der Waals surface area contributed by atoms with Crippen LogP contribution in [0.5, 0.6) is 5.75 Å². The zero-order valence-electron chi connectivity index (χ0n) is 16.5. The van der Waals surface area contributed by atoms with Crippen molar-refractivity contribution >= 4 is 45.9 Å². The molecular formula is C19H28BrIN6O. The molecule has 28 heavy (non-hydrogen) atoms. The van der Waals surface area contributed by atoms with Crippen molar-refractivity contribution in [1.29, 1.82) is 0 Å². The molecule has 1 aliphatic heterocycles. The summed E-state index contributed by atoms with van der Waals surface area (Å²) in [5.41, 5.74) is 1.04. The third-order valence-electron chi connectivity index (χ3n) is 4.55. The molecule has 0 fully saturated rings. The number of guanidine groups is 1. The summed E-state index contributed by atoms with van der Waals surface area (Å²) in [4.78, 5) is 9.34. The molecule has 1 aromatic carbocycles. The molecule has 2 N–H and O–H groups in total. The number of rotatable bonds is 6. The molecule has 3 rings (SSSR count). The molecule has 154 valence electrons. The molecule has 1 aliphatic rings. The van der Waals surface area contributed by atoms with Crippen LogP contribution in [0, 0.1) is 0 Å². The molecule has 0 radical (unpaired) electrons. The van der Waals surface area contributed by atoms with Gasteiger partial charge in [0.2, 0.25) is 0 Å². The summed E-state index contributed by atoms with van der Waals surface area (Å²) < 4.78 is 8.49. The van der Waals surface area contributed by atoms with Gasteiger partial charge in [-0.1, -0.05) is 22.9 Å². The number of fused-ring (bicyclic) bond motifs is 1. The van der Waals surface area contributed by atoms with E-state index < -0.39 is 0 Å². The number of hydrogen-bond acceptors (Lipinski definition) is 4. The van der Waals surface area contributed by atoms with Crippen LogP contribution in [-0.2, 0) is 25.9 Å². The average Bonchev–Trinajstić information content (AvgIpc) is 3.09. The maximum absolute atomic E-state index is 5.45. The van der Waals surface area contributed by atoms with Crippen LogP contribution < -0.4 is 15.4 Å². The van der Waals surface area contributed by atoms with Gasteiger partial charge in [0.15, 0.2) is 11.8 Å². The van der Waals surface area contributed by atoms with Crippen LogP contribution in [0.2, 0.25) is 0 Å². The molecule has 2 heterocycles. The van der Waals surface area contributed by atoms with E-state index in [9.17, 15) is 0 Å². The number of aromatic nitrogens is 3. The van der Waals surface area contributed by atoms with Gasteiger partial charge in [-0.15, -0.1) is 24.0 Å². The summed E-state index contributed by atoms with van der Waals surface area (Å²) in [5.74, 6) is 3.66. The van der Waals surface area contributed by atoms with Gasteiger partial charge in [-0.3, -0.25) is 0 Å². The molecule has 0 saturated carbocycles. The summed E-state index contributed by atoms with van der Waals surface area (Å²) in [6, 6.07) is 6.25. The number of nitrogens with one attached hydrogen (secondary N) is 2. The Labute approximate surface area is 191 Å². The molecule has 0 spiro atoms. The fourth-order valence-electron chi connectivity index (χ4n) is 3.18. The number of methoxy groups -OCH3 is 1. The highest BCUT2D eigenvalue weighted by molar-refractivity contribution is 14.0. The van der Waals surface area contributed by atoms with Crippen LogP contribution in [0.1, 0.15) is 37.5 Å². The molecule has 1 aromatic heterocycles. The lowest BCUT2D eigenvalue weighted by Crippen LogP contribution is -2.47. The van der Waals surface area contributed by atoms with Crippen molar-refractivity contribution < 1.29 is 4.74 Å². The first-order valence-corrected chi connectivity index (χ1v) is 10.2. The van der Waals surface area contributed by atoms with E-state index in [0.29, 0.717) is 6.54 Å². The molecule has 0 amide bonds. The minimum absolute atomic E-state index is 0. The van der Waals surface area contributed by atoms with Crippen molar-refractivity contribution in [2.45, 2.75) is 52.2 Å². The quantitative estimate of drug-likeness (QED) is 0.321. The summed E-state index contributed by atoms with van der Waals surface area (Å²) >= 11 is 3.52. The van der Waals surface area contributed by atoms with Crippen LogP contribution in [0.15, 0.2) is 27.7 Å². The zero-order chi connectivity index (χ0) is 19.2. The minimum Gasteiger partial charge on any atom is -0.496 e. The number of hydrogen-bond donors (Lipinski definition) is 2. The van der Waals surface area contributed by atoms with Crippen LogP contribution in [-0.4, -0.2) is 40.4 Å². The average molecular weight is 563 g/mol. The van der Waals surface area contributed by atoms with Crippen molar-refractivity contribution in [2.24, 2.45) is 4.99 Å². The Hall–Kier alpha value is -1.36. The van der Waals surface area contributed by atoms with Gasteiger partial charge in [-0.25, -0.2) is 14.7 Å². The molecule has 1 atom stereocenters. The Kier molecular flexibility index (Phi) is 9.00. The van der Waals surface area contributed by atoms with Crippen molar-refractivity contribution in [3.8, 4) is 5.75 Å². The number of aliphatic imine (C=N–C) groups is 1. The normalized spacial score (nSPS) is 16.1. The van der Waals surface area contributed by atoms with E-state index >= 15 is 0 Å². The summed E-state index contributed by atoms with van der Waals surface area (Å²) in [6.45, 7) is 6.32. The number of benzene rings is 1. The number of aryl methyl sites for hydroxylation is 2. The highest BCUT2D eigenvalue weighted by Gasteiger charge is 2.22. The summed E-state index contributed by atoms with van der Waals surface area (Å²) in [7, 11) is 1.68. The predicted molar refractivity (Wildman–Crippen MR) is 126 cm³/mol. The lowest BCUT2D eigenvalue weighted by atomic mass is 10.1. The highest BCUT2D eigenvalue weighted by Crippen LogP contribution is 2.23. The number of nitrogens with zero attached hydrogens (tertiary/aromatic N) is 4. The van der Waals surface area contributed by atoms with Gasteiger partial charge in [0.25, 0.3) is 0 Å². The van der Waals surface area contributed by atoms with E-state index in [2.05, 4.69) is 50.5 Å². The Bertz CT molecular complexity index is 810. The van der Waals surface area contributed by atoms with Gasteiger partial charge in [0.05, 0.1) is 20.2 Å². The maximum atomic E-state index is 5.45. The zero-order valence-corrected chi connectivity index (χ0v) is 20.5. The van der Waals surface area contributed by atoms with Gasteiger partial charge in [0.1, 0.15) is 11.6 Å². The second kappa shape index (κ2) is 11.0. The standard InChI is InChI=1S/C19H27BrN6O.HI/c1-4-17-24-18-9-7-15(12-26(18)25-17)23-19(21-5-2)22-11-13-10-14(20)6-8-16(13)27-3;/h6,8,10,15H,4-5,7,9,11-12H2,1-3H3,(H2,21,22,23);1H. The topological polar surface area (TPSA) is 76.4 Å². The Morgan fingerprint density at radius 3 is 2.93 bits per heavy atom. The van der Waals surface area contributed by atoms with Crippen LogP contribution in [0.3, 0.4) is 0 Å². The van der Waals surface area contributed by atoms with E-state index in [1.165, 1.54) is 0 Å². The third-order valence-corrected chi connectivity index (χ3v) is 5.05. The van der Waals surface area contributed by atoms with Gasteiger partial charge < -0.3 is 15.4 Å². The molecule has 0 bridgehead atoms. The second-order valence-electron chi connectivity index (χ2n) is 6.51. The van der Waals surface area contributed by atoms with E-state index in [1.807, 2.05) is 22.9 Å². The van der Waals surface area contributed by atoms with Crippen LogP contribution in [0.25, 0.3) is 0 Å². The van der Waals surface area contributed by atoms with Crippen LogP contribution in [0.4, 0.5) is 0 Å². The Morgan fingerprint density at radius 1 is 1.39 bits per heavy atom. The molecule has 2 aromatic rings. The van der Waals surface area contributed by atoms with Crippen LogP contribution >= 0.6 is 39.9 Å². The first-order chi connectivity index (χ1) is 13.1. The molecule has 9 heteroatoms. The van der Waals surface area contributed by atoms with Crippen molar-refractivity contribution in [2.75, 3.05) is 13.7 Å². The summed E-state index contributed by atoms with van der Waals surface area (Å²) in [5, 5.41) is 11.5. The van der Waals surface area contributed by atoms with Gasteiger partial charge in [-0.05, 0) is 31.5 Å². The number of halogens is 2. The summed E-state index contributed by atoms with van der Waals surface area (Å²) in [6.07, 6.45) is 2.83. The lowest BCUT2D eigenvalue weighted by molar-refractivity contribution is 0.392. The minimum atomic E-state index is 0. The Morgan fingerprint density at radius 2 is 2.21 bits per heavy atom. The molecule has 1 unspecified atom stereocenters. The highest BCUT2D eigenvalue weighted by atomic mass is 127. The second-order valence-corrected chi connectivity index (χ2v) is 7.43. The van der Waals surface area contributed by atoms with E-state index in [4.69, 9.17) is 9.73 Å². The molecule has 0 saturated heterocycles. The van der Waals surface area contributed by atoms with Crippen molar-refractivity contribution in [3.05, 3.63) is 39.9 Å². The molecule has 0 aliphatic carbocycles. The van der Waals surface area contributed by atoms with Crippen molar-refractivity contribution in [1.82, 2.24) is 25.4 Å². The first-order valence-electron chi connectivity index (χ1n) is 9.42. The Balaban J connectivity index is 0.00000280. The monoisotopic (exact) mass is 562 g/mol. The lowest BCUT2D eigenvalue weighted by Gasteiger charge is -2.25. The van der Waals surface area contributed by atoms with Gasteiger partial charge in [0, 0.05) is 35.5 Å². The third kappa shape index (κ3) is 5.82. The van der Waals surface area contributed by atoms with E-state index in [0.717, 1.165) is 65.7 Å². The SMILES string of the molecule is CCNC(=NCc1cc(Br)ccc1OC)NC1CCc2nc(CC)nn2C1.I. The number of ether oxygens (including phenoxy) is 1. The largest absolute Gasteiger partial charge is 0.496 e. The van der Waals surface area contributed by atoms with Crippen molar-refractivity contribution in [3.63, 3.8) is 0 Å². The van der Waals surface area contributed by atoms with E-state index in [1.54, 1.807) is 7.11 Å². The first kappa shape index (κ1) is 22.9. The van der Waals surface area contributed by atoms with Gasteiger partial charge in [-0.2, -0.15) is 5.10 Å².